The summed E-state index contributed by atoms with van der Waals surface area (Å²) in [5.74, 6) is 1.54. The number of aryl methyl sites for hydroxylation is 1. The number of rotatable bonds is 1. The van der Waals surface area contributed by atoms with Crippen LogP contribution in [0, 0.1) is 12.8 Å². The summed E-state index contributed by atoms with van der Waals surface area (Å²) in [6.07, 6.45) is 1.69. The third kappa shape index (κ3) is 3.03. The molecule has 2 aliphatic heterocycles. The van der Waals surface area contributed by atoms with Gasteiger partial charge in [0, 0.05) is 31.1 Å². The first-order valence-electron chi connectivity index (χ1n) is 8.60. The summed E-state index contributed by atoms with van der Waals surface area (Å²) < 4.78 is 7.67. The zero-order chi connectivity index (χ0) is 16.8. The van der Waals surface area contributed by atoms with E-state index in [4.69, 9.17) is 9.84 Å². The van der Waals surface area contributed by atoms with Crippen LogP contribution in [0.5, 0.6) is 0 Å². The average molecular weight is 320 g/mol. The molecule has 2 atom stereocenters. The Morgan fingerprint density at radius 2 is 2.17 bits per heavy atom. The summed E-state index contributed by atoms with van der Waals surface area (Å²) >= 11 is 0. The zero-order valence-corrected chi connectivity index (χ0v) is 14.8. The van der Waals surface area contributed by atoms with Crippen LogP contribution in [0.2, 0.25) is 0 Å². The van der Waals surface area contributed by atoms with Gasteiger partial charge in [0.1, 0.15) is 11.4 Å². The number of amides is 1. The minimum atomic E-state index is -0.443. The molecule has 23 heavy (non-hydrogen) atoms. The molecule has 0 saturated carbocycles. The van der Waals surface area contributed by atoms with Gasteiger partial charge in [-0.2, -0.15) is 5.10 Å². The van der Waals surface area contributed by atoms with Gasteiger partial charge in [-0.1, -0.05) is 6.92 Å². The molecule has 0 aromatic carbocycles. The number of carbonyl (C=O) groups excluding carboxylic acids is 1. The highest BCUT2D eigenvalue weighted by atomic mass is 16.6. The molecule has 6 nitrogen and oxygen atoms in total. The maximum absolute atomic E-state index is 12.3. The van der Waals surface area contributed by atoms with Gasteiger partial charge in [-0.25, -0.2) is 9.48 Å². The molecule has 2 unspecified atom stereocenters. The van der Waals surface area contributed by atoms with E-state index in [1.807, 2.05) is 25.7 Å². The fraction of sp³-hybridized carbons (Fsp3) is 0.765. The number of fused-ring (bicyclic) bond motifs is 3. The van der Waals surface area contributed by atoms with E-state index in [2.05, 4.69) is 23.8 Å². The van der Waals surface area contributed by atoms with Crippen molar-refractivity contribution in [2.24, 2.45) is 5.92 Å². The summed E-state index contributed by atoms with van der Waals surface area (Å²) in [6.45, 7) is 12.4. The lowest BCUT2D eigenvalue weighted by Gasteiger charge is -2.42. The van der Waals surface area contributed by atoms with E-state index in [1.165, 1.54) is 11.3 Å². The molecule has 1 saturated heterocycles. The second kappa shape index (κ2) is 5.73. The Kier molecular flexibility index (Phi) is 4.02. The predicted molar refractivity (Wildman–Crippen MR) is 89.8 cm³/mol. The van der Waals surface area contributed by atoms with Crippen molar-refractivity contribution in [3.8, 4) is 0 Å². The number of nitrogens with one attached hydrogen (secondary N) is 1. The standard InChI is InChI=1S/C17H28N4O2/c1-6-13-11(2)15-18-9-12-10-20(16(22)23-17(3,4)5)8-7-14(12)21(15)19-13/h12,14,18H,6-10H2,1-5H3. The lowest BCUT2D eigenvalue weighted by Crippen LogP contribution is -2.50. The van der Waals surface area contributed by atoms with Gasteiger partial charge < -0.3 is 15.0 Å². The molecule has 3 rings (SSSR count). The van der Waals surface area contributed by atoms with Crippen molar-refractivity contribution in [2.75, 3.05) is 25.0 Å². The first-order valence-corrected chi connectivity index (χ1v) is 8.60. The minimum absolute atomic E-state index is 0.201. The quantitative estimate of drug-likeness (QED) is 0.864. The van der Waals surface area contributed by atoms with Crippen LogP contribution in [0.1, 0.15) is 51.4 Å². The highest BCUT2D eigenvalue weighted by Gasteiger charge is 2.38. The maximum Gasteiger partial charge on any atom is 0.410 e. The lowest BCUT2D eigenvalue weighted by atomic mass is 9.90. The highest BCUT2D eigenvalue weighted by molar-refractivity contribution is 5.68. The van der Waals surface area contributed by atoms with Gasteiger partial charge in [-0.15, -0.1) is 0 Å². The Morgan fingerprint density at radius 1 is 1.43 bits per heavy atom. The van der Waals surface area contributed by atoms with E-state index in [-0.39, 0.29) is 6.09 Å². The SMILES string of the molecule is CCc1nn2c(c1C)NCC1CN(C(=O)OC(C)(C)C)CCC12. The first kappa shape index (κ1) is 16.1. The summed E-state index contributed by atoms with van der Waals surface area (Å²) in [5, 5.41) is 8.32. The maximum atomic E-state index is 12.3. The Balaban J connectivity index is 1.74. The van der Waals surface area contributed by atoms with Gasteiger partial charge in [0.25, 0.3) is 0 Å². The summed E-state index contributed by atoms with van der Waals surface area (Å²) in [7, 11) is 0. The van der Waals surface area contributed by atoms with Crippen LogP contribution >= 0.6 is 0 Å². The molecule has 0 radical (unpaired) electrons. The van der Waals surface area contributed by atoms with Crippen LogP contribution in [0.4, 0.5) is 10.6 Å². The topological polar surface area (TPSA) is 59.4 Å². The molecule has 0 aliphatic carbocycles. The highest BCUT2D eigenvalue weighted by Crippen LogP contribution is 2.37. The molecule has 1 N–H and O–H groups in total. The van der Waals surface area contributed by atoms with Crippen LogP contribution in [-0.4, -0.2) is 46.0 Å². The van der Waals surface area contributed by atoms with Gasteiger partial charge in [-0.3, -0.25) is 0 Å². The predicted octanol–water partition coefficient (Wildman–Crippen LogP) is 2.98. The second-order valence-electron chi connectivity index (χ2n) is 7.64. The Labute approximate surface area is 138 Å². The Morgan fingerprint density at radius 3 is 2.83 bits per heavy atom. The number of hydrogen-bond acceptors (Lipinski definition) is 4. The lowest BCUT2D eigenvalue weighted by molar-refractivity contribution is 0.0107. The Hall–Kier alpha value is -1.72. The minimum Gasteiger partial charge on any atom is -0.444 e. The van der Waals surface area contributed by atoms with Crippen molar-refractivity contribution >= 4 is 11.9 Å². The fourth-order valence-electron chi connectivity index (χ4n) is 3.62. The van der Waals surface area contributed by atoms with Crippen molar-refractivity contribution in [1.29, 1.82) is 0 Å². The number of ether oxygens (including phenoxy) is 1. The van der Waals surface area contributed by atoms with Crippen LogP contribution in [0.3, 0.4) is 0 Å². The van der Waals surface area contributed by atoms with E-state index < -0.39 is 5.60 Å². The van der Waals surface area contributed by atoms with Crippen LogP contribution in [0.15, 0.2) is 0 Å². The summed E-state index contributed by atoms with van der Waals surface area (Å²) in [6, 6.07) is 0.379. The summed E-state index contributed by atoms with van der Waals surface area (Å²) in [4.78, 5) is 14.1. The van der Waals surface area contributed by atoms with Gasteiger partial charge in [0.05, 0.1) is 11.7 Å². The Bertz CT molecular complexity index is 602. The van der Waals surface area contributed by atoms with Crippen molar-refractivity contribution in [2.45, 2.75) is 59.1 Å². The van der Waals surface area contributed by atoms with Crippen molar-refractivity contribution in [3.05, 3.63) is 11.3 Å². The second-order valence-corrected chi connectivity index (χ2v) is 7.64. The molecule has 1 aromatic heterocycles. The van der Waals surface area contributed by atoms with E-state index in [9.17, 15) is 4.79 Å². The third-order valence-electron chi connectivity index (χ3n) is 4.77. The molecule has 1 fully saturated rings. The largest absolute Gasteiger partial charge is 0.444 e. The summed E-state index contributed by atoms with van der Waals surface area (Å²) in [5.41, 5.74) is 1.99. The molecular formula is C17H28N4O2. The molecule has 1 aromatic rings. The number of anilines is 1. The number of nitrogens with zero attached hydrogens (tertiary/aromatic N) is 3. The van der Waals surface area contributed by atoms with Gasteiger partial charge in [0.15, 0.2) is 0 Å². The van der Waals surface area contributed by atoms with E-state index in [1.54, 1.807) is 0 Å². The normalized spacial score (nSPS) is 23.8. The van der Waals surface area contributed by atoms with Crippen molar-refractivity contribution in [1.82, 2.24) is 14.7 Å². The monoisotopic (exact) mass is 320 g/mol. The number of likely N-dealkylation sites (tertiary alicyclic amines) is 1. The number of carbonyl (C=O) groups is 1. The fourth-order valence-corrected chi connectivity index (χ4v) is 3.62. The van der Waals surface area contributed by atoms with Crippen LogP contribution in [-0.2, 0) is 11.2 Å². The smallest absolute Gasteiger partial charge is 0.410 e. The third-order valence-corrected chi connectivity index (χ3v) is 4.77. The van der Waals surface area contributed by atoms with Crippen molar-refractivity contribution < 1.29 is 9.53 Å². The molecule has 6 heteroatoms. The number of aromatic nitrogens is 2. The molecule has 0 spiro atoms. The molecular weight excluding hydrogens is 292 g/mol. The first-order chi connectivity index (χ1) is 10.8. The molecule has 128 valence electrons. The molecule has 0 bridgehead atoms. The molecule has 1 amide bonds. The van der Waals surface area contributed by atoms with Crippen LogP contribution < -0.4 is 5.32 Å². The van der Waals surface area contributed by atoms with Gasteiger partial charge in [-0.05, 0) is 40.5 Å². The zero-order valence-electron chi connectivity index (χ0n) is 14.8. The average Bonchev–Trinajstić information content (AvgIpc) is 2.81. The molecule has 3 heterocycles. The number of hydrogen-bond donors (Lipinski definition) is 1. The van der Waals surface area contributed by atoms with Crippen LogP contribution in [0.25, 0.3) is 0 Å². The van der Waals surface area contributed by atoms with Gasteiger partial charge in [0.2, 0.25) is 0 Å². The van der Waals surface area contributed by atoms with E-state index >= 15 is 0 Å². The molecule has 2 aliphatic rings. The van der Waals surface area contributed by atoms with E-state index in [0.717, 1.165) is 38.3 Å². The number of piperidine rings is 1. The van der Waals surface area contributed by atoms with E-state index in [0.29, 0.717) is 12.0 Å². The van der Waals surface area contributed by atoms with Gasteiger partial charge >= 0.3 is 6.09 Å². The van der Waals surface area contributed by atoms with Crippen molar-refractivity contribution in [3.63, 3.8) is 0 Å².